The largest absolute Gasteiger partial charge is 0.457 e. The smallest absolute Gasteiger partial charge is 0.255 e. The Morgan fingerprint density at radius 2 is 1.64 bits per heavy atom. The lowest BCUT2D eigenvalue weighted by atomic mass is 10.00. The van der Waals surface area contributed by atoms with Gasteiger partial charge in [-0.2, -0.15) is 0 Å². The van der Waals surface area contributed by atoms with Crippen molar-refractivity contribution in [3.8, 4) is 0 Å². The number of morpholine rings is 1. The highest BCUT2D eigenvalue weighted by atomic mass is 32.2. The molecule has 0 unspecified atom stereocenters. The van der Waals surface area contributed by atoms with Crippen LogP contribution in [0.25, 0.3) is 11.0 Å². The molecule has 1 N–H and O–H groups in total. The third-order valence-corrected chi connectivity index (χ3v) is 6.73. The quantitative estimate of drug-likeness (QED) is 0.369. The number of rotatable bonds is 6. The number of furan rings is 1. The van der Waals surface area contributed by atoms with Crippen molar-refractivity contribution >= 4 is 34.3 Å². The highest BCUT2D eigenvalue weighted by Gasteiger charge is 2.31. The minimum atomic E-state index is -0.151. The topological polar surface area (TPSA) is 54.7 Å². The Hall–Kier alpha value is -3.06. The number of hydrogen-bond donors (Lipinski definition) is 1. The second-order valence-corrected chi connectivity index (χ2v) is 8.86. The molecule has 1 atom stereocenters. The Morgan fingerprint density at radius 3 is 2.36 bits per heavy atom. The lowest BCUT2D eigenvalue weighted by molar-refractivity contribution is 0.0206. The summed E-state index contributed by atoms with van der Waals surface area (Å²) in [6, 6.07) is 25.6. The number of para-hydroxylation sites is 1. The average Bonchev–Trinajstić information content (AvgIpc) is 3.23. The van der Waals surface area contributed by atoms with E-state index in [0.29, 0.717) is 18.8 Å². The molecule has 0 bridgehead atoms. The minimum Gasteiger partial charge on any atom is -0.457 e. The third kappa shape index (κ3) is 4.55. The molecule has 0 saturated carbocycles. The first kappa shape index (κ1) is 21.8. The van der Waals surface area contributed by atoms with Gasteiger partial charge in [-0.15, -0.1) is 11.8 Å². The van der Waals surface area contributed by atoms with Crippen LogP contribution in [0.15, 0.2) is 88.2 Å². The fraction of sp³-hybridized carbons (Fsp3) is 0.222. The summed E-state index contributed by atoms with van der Waals surface area (Å²) in [4.78, 5) is 16.7. The average molecular weight is 459 g/mol. The zero-order chi connectivity index (χ0) is 22.6. The number of benzene rings is 3. The van der Waals surface area contributed by atoms with E-state index in [1.54, 1.807) is 11.8 Å². The molecule has 168 valence electrons. The number of amides is 1. The lowest BCUT2D eigenvalue weighted by Crippen LogP contribution is -2.39. The zero-order valence-electron chi connectivity index (χ0n) is 18.5. The van der Waals surface area contributed by atoms with Gasteiger partial charge in [-0.3, -0.25) is 9.69 Å². The van der Waals surface area contributed by atoms with Gasteiger partial charge in [0.25, 0.3) is 5.91 Å². The number of hydrogen-bond acceptors (Lipinski definition) is 5. The van der Waals surface area contributed by atoms with Crippen LogP contribution < -0.4 is 5.32 Å². The van der Waals surface area contributed by atoms with Crippen molar-refractivity contribution in [2.45, 2.75) is 10.9 Å². The Kier molecular flexibility index (Phi) is 6.48. The SMILES string of the molecule is CSc1ccc([C@H](c2oc3ccccc3c2NC(=O)c2ccccc2)N2CCOCC2)cc1. The van der Waals surface area contributed by atoms with Crippen LogP contribution in [0.5, 0.6) is 0 Å². The van der Waals surface area contributed by atoms with Gasteiger partial charge in [0.05, 0.1) is 24.9 Å². The number of thioether (sulfide) groups is 1. The van der Waals surface area contributed by atoms with Gasteiger partial charge in [0.1, 0.15) is 11.3 Å². The first-order chi connectivity index (χ1) is 16.2. The predicted molar refractivity (Wildman–Crippen MR) is 133 cm³/mol. The van der Waals surface area contributed by atoms with Gasteiger partial charge in [-0.1, -0.05) is 42.5 Å². The van der Waals surface area contributed by atoms with Gasteiger partial charge < -0.3 is 14.5 Å². The van der Waals surface area contributed by atoms with Crippen LogP contribution in [-0.2, 0) is 4.74 Å². The molecule has 0 spiro atoms. The van der Waals surface area contributed by atoms with E-state index >= 15 is 0 Å². The molecular weight excluding hydrogens is 432 g/mol. The first-order valence-corrected chi connectivity index (χ1v) is 12.3. The Balaban J connectivity index is 1.62. The van der Waals surface area contributed by atoms with Crippen molar-refractivity contribution in [2.24, 2.45) is 0 Å². The summed E-state index contributed by atoms with van der Waals surface area (Å²) >= 11 is 1.72. The Bertz CT molecular complexity index is 1230. The highest BCUT2D eigenvalue weighted by molar-refractivity contribution is 7.98. The molecule has 5 rings (SSSR count). The molecule has 0 aliphatic carbocycles. The molecule has 1 saturated heterocycles. The van der Waals surface area contributed by atoms with E-state index in [9.17, 15) is 4.79 Å². The van der Waals surface area contributed by atoms with Crippen molar-refractivity contribution in [1.29, 1.82) is 0 Å². The summed E-state index contributed by atoms with van der Waals surface area (Å²) in [7, 11) is 0. The molecule has 33 heavy (non-hydrogen) atoms. The number of ether oxygens (including phenoxy) is 1. The van der Waals surface area contributed by atoms with Crippen LogP contribution in [0.2, 0.25) is 0 Å². The van der Waals surface area contributed by atoms with Crippen LogP contribution in [0.3, 0.4) is 0 Å². The van der Waals surface area contributed by atoms with E-state index in [1.165, 1.54) is 4.90 Å². The number of carbonyl (C=O) groups excluding carboxylic acids is 1. The van der Waals surface area contributed by atoms with Crippen molar-refractivity contribution in [2.75, 3.05) is 37.9 Å². The fourth-order valence-electron chi connectivity index (χ4n) is 4.31. The molecule has 6 heteroatoms. The van der Waals surface area contributed by atoms with Crippen molar-refractivity contribution in [3.63, 3.8) is 0 Å². The zero-order valence-corrected chi connectivity index (χ0v) is 19.3. The lowest BCUT2D eigenvalue weighted by Gasteiger charge is -2.34. The molecule has 0 radical (unpaired) electrons. The van der Waals surface area contributed by atoms with Gasteiger partial charge in [-0.25, -0.2) is 0 Å². The summed E-state index contributed by atoms with van der Waals surface area (Å²) in [5, 5.41) is 4.07. The van der Waals surface area contributed by atoms with Crippen LogP contribution in [0.1, 0.15) is 27.7 Å². The normalized spacial score (nSPS) is 15.4. The molecule has 2 heterocycles. The van der Waals surface area contributed by atoms with Gasteiger partial charge in [-0.05, 0) is 48.2 Å². The van der Waals surface area contributed by atoms with Gasteiger partial charge >= 0.3 is 0 Å². The number of nitrogens with one attached hydrogen (secondary N) is 1. The summed E-state index contributed by atoms with van der Waals surface area (Å²) in [5.74, 6) is 0.598. The molecule has 1 aliphatic rings. The maximum atomic E-state index is 13.1. The molecule has 1 aromatic heterocycles. The van der Waals surface area contributed by atoms with E-state index < -0.39 is 0 Å². The van der Waals surface area contributed by atoms with Crippen LogP contribution in [0.4, 0.5) is 5.69 Å². The standard InChI is InChI=1S/C27H26N2O3S/c1-33-21-13-11-19(12-14-21)25(29-15-17-31-18-16-29)26-24(22-9-5-6-10-23(22)32-26)28-27(30)20-7-3-2-4-8-20/h2-14,25H,15-18H2,1H3,(H,28,30)/t25-/m1/s1. The van der Waals surface area contributed by atoms with Crippen molar-refractivity contribution in [3.05, 3.63) is 95.7 Å². The molecular formula is C27H26N2O3S. The molecule has 5 nitrogen and oxygen atoms in total. The number of fused-ring (bicyclic) bond motifs is 1. The Labute approximate surface area is 197 Å². The molecule has 1 aliphatic heterocycles. The second-order valence-electron chi connectivity index (χ2n) is 7.98. The molecule has 3 aromatic carbocycles. The van der Waals surface area contributed by atoms with Crippen LogP contribution in [0, 0.1) is 0 Å². The molecule has 1 amide bonds. The van der Waals surface area contributed by atoms with Gasteiger partial charge in [0, 0.05) is 28.9 Å². The fourth-order valence-corrected chi connectivity index (χ4v) is 4.72. The van der Waals surface area contributed by atoms with E-state index in [0.717, 1.165) is 41.1 Å². The number of carbonyl (C=O) groups is 1. The monoisotopic (exact) mass is 458 g/mol. The minimum absolute atomic E-state index is 0.136. The van der Waals surface area contributed by atoms with Crippen molar-refractivity contribution < 1.29 is 13.9 Å². The van der Waals surface area contributed by atoms with E-state index in [2.05, 4.69) is 40.7 Å². The third-order valence-electron chi connectivity index (χ3n) is 5.99. The molecule has 4 aromatic rings. The first-order valence-electron chi connectivity index (χ1n) is 11.1. The van der Waals surface area contributed by atoms with Gasteiger partial charge in [0.2, 0.25) is 0 Å². The predicted octanol–water partition coefficient (Wildman–Crippen LogP) is 5.83. The maximum Gasteiger partial charge on any atom is 0.255 e. The van der Waals surface area contributed by atoms with E-state index in [1.807, 2.05) is 54.6 Å². The summed E-state index contributed by atoms with van der Waals surface area (Å²) < 4.78 is 12.1. The number of anilines is 1. The van der Waals surface area contributed by atoms with Gasteiger partial charge in [0.15, 0.2) is 0 Å². The molecule has 1 fully saturated rings. The van der Waals surface area contributed by atoms with E-state index in [4.69, 9.17) is 9.15 Å². The summed E-state index contributed by atoms with van der Waals surface area (Å²) in [6.45, 7) is 2.92. The summed E-state index contributed by atoms with van der Waals surface area (Å²) in [5.41, 5.74) is 3.23. The highest BCUT2D eigenvalue weighted by Crippen LogP contribution is 2.41. The summed E-state index contributed by atoms with van der Waals surface area (Å²) in [6.07, 6.45) is 2.07. The Morgan fingerprint density at radius 1 is 0.939 bits per heavy atom. The van der Waals surface area contributed by atoms with Crippen molar-refractivity contribution in [1.82, 2.24) is 4.90 Å². The van der Waals surface area contributed by atoms with E-state index in [-0.39, 0.29) is 11.9 Å². The second kappa shape index (κ2) is 9.83. The maximum absolute atomic E-state index is 13.1. The van der Waals surface area contributed by atoms with Crippen LogP contribution >= 0.6 is 11.8 Å². The number of nitrogens with zero attached hydrogens (tertiary/aromatic N) is 1. The van der Waals surface area contributed by atoms with Crippen LogP contribution in [-0.4, -0.2) is 43.4 Å².